The van der Waals surface area contributed by atoms with Crippen LogP contribution in [0.4, 0.5) is 11.4 Å². The van der Waals surface area contributed by atoms with Gasteiger partial charge in [0.1, 0.15) is 0 Å². The molecular weight excluding hydrogens is 282 g/mol. The van der Waals surface area contributed by atoms with Gasteiger partial charge in [-0.15, -0.1) is 11.6 Å². The van der Waals surface area contributed by atoms with Crippen molar-refractivity contribution in [2.75, 3.05) is 23.1 Å². The number of amides is 1. The molecule has 0 spiro atoms. The average Bonchev–Trinajstić information content (AvgIpc) is 2.65. The van der Waals surface area contributed by atoms with Crippen LogP contribution in [0.5, 0.6) is 0 Å². The van der Waals surface area contributed by atoms with E-state index in [0.29, 0.717) is 40.3 Å². The van der Waals surface area contributed by atoms with Crippen molar-refractivity contribution in [3.05, 3.63) is 22.2 Å². The number of benzene rings is 1. The van der Waals surface area contributed by atoms with E-state index in [1.165, 1.54) is 0 Å². The van der Waals surface area contributed by atoms with E-state index in [1.807, 2.05) is 0 Å². The zero-order valence-electron chi connectivity index (χ0n) is 8.92. The molecule has 0 aliphatic carbocycles. The zero-order chi connectivity index (χ0) is 12.6. The van der Waals surface area contributed by atoms with Crippen LogP contribution in [0.1, 0.15) is 6.42 Å². The molecular formula is C11H11Cl3N2O. The summed E-state index contributed by atoms with van der Waals surface area (Å²) in [6.45, 7) is 0.559. The summed E-state index contributed by atoms with van der Waals surface area (Å²) >= 11 is 17.6. The van der Waals surface area contributed by atoms with Crippen LogP contribution in [0.15, 0.2) is 12.1 Å². The molecule has 2 N–H and O–H groups in total. The molecule has 3 nitrogen and oxygen atoms in total. The number of anilines is 2. The predicted octanol–water partition coefficient (Wildman–Crippen LogP) is 3.17. The highest BCUT2D eigenvalue weighted by molar-refractivity contribution is 6.37. The van der Waals surface area contributed by atoms with Gasteiger partial charge in [-0.3, -0.25) is 4.79 Å². The molecule has 17 heavy (non-hydrogen) atoms. The molecule has 1 fully saturated rings. The number of nitrogens with two attached hydrogens (primary N) is 1. The number of nitrogen functional groups attached to an aromatic ring is 1. The van der Waals surface area contributed by atoms with Gasteiger partial charge in [-0.25, -0.2) is 0 Å². The first-order valence-corrected chi connectivity index (χ1v) is 6.42. The summed E-state index contributed by atoms with van der Waals surface area (Å²) in [5.41, 5.74) is 6.81. The normalized spacial score (nSPS) is 20.1. The van der Waals surface area contributed by atoms with Crippen molar-refractivity contribution >= 4 is 52.1 Å². The van der Waals surface area contributed by atoms with Crippen molar-refractivity contribution in [2.24, 2.45) is 5.92 Å². The summed E-state index contributed by atoms with van der Waals surface area (Å²) < 4.78 is 0. The van der Waals surface area contributed by atoms with Crippen molar-refractivity contribution in [3.63, 3.8) is 0 Å². The molecule has 0 aromatic heterocycles. The van der Waals surface area contributed by atoms with Gasteiger partial charge in [0, 0.05) is 23.9 Å². The van der Waals surface area contributed by atoms with Crippen LogP contribution in [0.2, 0.25) is 10.0 Å². The fraction of sp³-hybridized carbons (Fsp3) is 0.364. The van der Waals surface area contributed by atoms with E-state index in [9.17, 15) is 4.79 Å². The van der Waals surface area contributed by atoms with Crippen LogP contribution in [0.3, 0.4) is 0 Å². The van der Waals surface area contributed by atoms with Gasteiger partial charge in [-0.2, -0.15) is 0 Å². The largest absolute Gasteiger partial charge is 0.396 e. The Morgan fingerprint density at radius 3 is 2.71 bits per heavy atom. The SMILES string of the molecule is Nc1c(Cl)cc(Cl)cc1N1CC(CCl)CC1=O. The quantitative estimate of drug-likeness (QED) is 0.672. The molecule has 1 aliphatic heterocycles. The molecule has 1 aliphatic rings. The van der Waals surface area contributed by atoms with Gasteiger partial charge < -0.3 is 10.6 Å². The lowest BCUT2D eigenvalue weighted by molar-refractivity contribution is -0.117. The van der Waals surface area contributed by atoms with E-state index in [-0.39, 0.29) is 11.8 Å². The maximum atomic E-state index is 11.8. The first-order chi connectivity index (χ1) is 8.02. The van der Waals surface area contributed by atoms with Gasteiger partial charge in [-0.1, -0.05) is 23.2 Å². The van der Waals surface area contributed by atoms with Gasteiger partial charge in [-0.05, 0) is 18.1 Å². The van der Waals surface area contributed by atoms with Crippen molar-refractivity contribution in [1.82, 2.24) is 0 Å². The number of alkyl halides is 1. The van der Waals surface area contributed by atoms with Crippen molar-refractivity contribution in [2.45, 2.75) is 6.42 Å². The maximum absolute atomic E-state index is 11.8. The molecule has 2 rings (SSSR count). The van der Waals surface area contributed by atoms with Gasteiger partial charge >= 0.3 is 0 Å². The molecule has 0 bridgehead atoms. The Morgan fingerprint density at radius 1 is 1.41 bits per heavy atom. The Balaban J connectivity index is 2.38. The van der Waals surface area contributed by atoms with Crippen LogP contribution in [-0.4, -0.2) is 18.3 Å². The molecule has 1 amide bonds. The van der Waals surface area contributed by atoms with Gasteiger partial charge in [0.2, 0.25) is 5.91 Å². The molecule has 1 saturated heterocycles. The van der Waals surface area contributed by atoms with E-state index >= 15 is 0 Å². The number of halogens is 3. The molecule has 1 heterocycles. The summed E-state index contributed by atoms with van der Waals surface area (Å²) in [5.74, 6) is 0.609. The van der Waals surface area contributed by atoms with Gasteiger partial charge in [0.05, 0.1) is 16.4 Å². The highest BCUT2D eigenvalue weighted by atomic mass is 35.5. The van der Waals surface area contributed by atoms with Crippen LogP contribution in [0, 0.1) is 5.92 Å². The van der Waals surface area contributed by atoms with Crippen molar-refractivity contribution < 1.29 is 4.79 Å². The second-order valence-corrected chi connectivity index (χ2v) is 5.20. The fourth-order valence-corrected chi connectivity index (χ4v) is 2.60. The standard InChI is InChI=1S/C11H11Cl3N2O/c12-4-6-1-10(17)16(5-6)9-3-7(13)2-8(14)11(9)15/h2-3,6H,1,4-5,15H2. The summed E-state index contributed by atoms with van der Waals surface area (Å²) in [7, 11) is 0. The van der Waals surface area contributed by atoms with Gasteiger partial charge in [0.25, 0.3) is 0 Å². The fourth-order valence-electron chi connectivity index (χ4n) is 1.91. The number of nitrogens with zero attached hydrogens (tertiary/aromatic N) is 1. The Labute approximate surface area is 114 Å². The molecule has 0 saturated carbocycles. The van der Waals surface area contributed by atoms with E-state index in [1.54, 1.807) is 17.0 Å². The first-order valence-electron chi connectivity index (χ1n) is 5.13. The number of carbonyl (C=O) groups is 1. The summed E-state index contributed by atoms with van der Waals surface area (Å²) in [4.78, 5) is 13.4. The summed E-state index contributed by atoms with van der Waals surface area (Å²) in [5, 5.41) is 0.816. The third-order valence-electron chi connectivity index (χ3n) is 2.79. The number of carbonyl (C=O) groups excluding carboxylic acids is 1. The number of hydrogen-bond acceptors (Lipinski definition) is 2. The molecule has 92 valence electrons. The Morgan fingerprint density at radius 2 is 2.12 bits per heavy atom. The average molecular weight is 294 g/mol. The lowest BCUT2D eigenvalue weighted by atomic mass is 10.1. The van der Waals surface area contributed by atoms with Crippen LogP contribution >= 0.6 is 34.8 Å². The highest BCUT2D eigenvalue weighted by Gasteiger charge is 2.31. The third-order valence-corrected chi connectivity index (χ3v) is 3.75. The van der Waals surface area contributed by atoms with Crippen LogP contribution in [0.25, 0.3) is 0 Å². The maximum Gasteiger partial charge on any atom is 0.227 e. The molecule has 6 heteroatoms. The topological polar surface area (TPSA) is 46.3 Å². The minimum Gasteiger partial charge on any atom is -0.396 e. The molecule has 1 atom stereocenters. The smallest absolute Gasteiger partial charge is 0.227 e. The molecule has 1 unspecified atom stereocenters. The zero-order valence-corrected chi connectivity index (χ0v) is 11.2. The molecule has 0 radical (unpaired) electrons. The second kappa shape index (κ2) is 4.92. The Kier molecular flexibility index (Phi) is 3.71. The van der Waals surface area contributed by atoms with E-state index in [2.05, 4.69) is 0 Å². The van der Waals surface area contributed by atoms with E-state index < -0.39 is 0 Å². The lowest BCUT2D eigenvalue weighted by Gasteiger charge is -2.19. The second-order valence-electron chi connectivity index (χ2n) is 4.05. The Bertz CT molecular complexity index is 464. The first kappa shape index (κ1) is 12.8. The van der Waals surface area contributed by atoms with Crippen molar-refractivity contribution in [3.8, 4) is 0 Å². The summed E-state index contributed by atoms with van der Waals surface area (Å²) in [6, 6.07) is 3.21. The molecule has 1 aromatic rings. The summed E-state index contributed by atoms with van der Waals surface area (Å²) in [6.07, 6.45) is 0.438. The number of rotatable bonds is 2. The molecule has 1 aromatic carbocycles. The lowest BCUT2D eigenvalue weighted by Crippen LogP contribution is -2.25. The van der Waals surface area contributed by atoms with E-state index in [4.69, 9.17) is 40.5 Å². The third kappa shape index (κ3) is 2.46. The highest BCUT2D eigenvalue weighted by Crippen LogP contribution is 2.37. The minimum absolute atomic E-state index is 0.000633. The van der Waals surface area contributed by atoms with Crippen LogP contribution < -0.4 is 10.6 Å². The van der Waals surface area contributed by atoms with Crippen molar-refractivity contribution in [1.29, 1.82) is 0 Å². The Hall–Kier alpha value is -0.640. The monoisotopic (exact) mass is 292 g/mol. The van der Waals surface area contributed by atoms with Crippen LogP contribution in [-0.2, 0) is 4.79 Å². The minimum atomic E-state index is 0.000633. The predicted molar refractivity (Wildman–Crippen MR) is 72.1 cm³/mol. The van der Waals surface area contributed by atoms with Gasteiger partial charge in [0.15, 0.2) is 0 Å². The number of hydrogen-bond donors (Lipinski definition) is 1. The van der Waals surface area contributed by atoms with E-state index in [0.717, 1.165) is 0 Å².